The molecule has 2 aromatic carbocycles. The number of rotatable bonds is 6. The molecule has 1 atom stereocenters. The maximum absolute atomic E-state index is 13.9. The third kappa shape index (κ3) is 4.34. The van der Waals surface area contributed by atoms with Crippen molar-refractivity contribution < 1.29 is 23.8 Å². The van der Waals surface area contributed by atoms with Crippen LogP contribution in [0.2, 0.25) is 0 Å². The number of nitrogens with zero attached hydrogens (tertiary/aromatic N) is 1. The molecule has 1 N–H and O–H groups in total. The standard InChI is InChI=1S/C21H22FNO4/c1-27-19-9-8-14(11-18(19)22)20(24)16-6-4-10-23(13-16)12-15-5-2-3-7-17(15)21(25)26/h2-3,5,7-9,11,16H,4,6,10,12-13H2,1H3,(H,25,26)/t16-/m1/s1. The van der Waals surface area contributed by atoms with Crippen LogP contribution in [0.25, 0.3) is 0 Å². The fourth-order valence-corrected chi connectivity index (χ4v) is 3.58. The van der Waals surface area contributed by atoms with Gasteiger partial charge in [0.15, 0.2) is 17.3 Å². The average Bonchev–Trinajstić information content (AvgIpc) is 2.68. The van der Waals surface area contributed by atoms with Crippen molar-refractivity contribution in [3.05, 3.63) is 65.0 Å². The lowest BCUT2D eigenvalue weighted by molar-refractivity contribution is 0.0689. The molecule has 1 heterocycles. The first-order valence-corrected chi connectivity index (χ1v) is 8.91. The number of Topliss-reactive ketones (excluding diaryl/α,β-unsaturated/α-hetero) is 1. The van der Waals surface area contributed by atoms with Gasteiger partial charge in [0.2, 0.25) is 0 Å². The highest BCUT2D eigenvalue weighted by atomic mass is 19.1. The number of ether oxygens (including phenoxy) is 1. The molecule has 0 spiro atoms. The molecule has 0 amide bonds. The van der Waals surface area contributed by atoms with Crippen LogP contribution in [-0.4, -0.2) is 42.0 Å². The maximum Gasteiger partial charge on any atom is 0.336 e. The van der Waals surface area contributed by atoms with Gasteiger partial charge in [-0.3, -0.25) is 9.69 Å². The molecule has 1 aliphatic rings. The number of hydrogen-bond donors (Lipinski definition) is 1. The Bertz CT molecular complexity index is 852. The summed E-state index contributed by atoms with van der Waals surface area (Å²) in [5.41, 5.74) is 1.35. The quantitative estimate of drug-likeness (QED) is 0.786. The molecule has 1 fully saturated rings. The number of carbonyl (C=O) groups is 2. The SMILES string of the molecule is COc1ccc(C(=O)[C@@H]2CCCN(Cc3ccccc3C(=O)O)C2)cc1F. The number of carboxylic acid groups (broad SMARTS) is 1. The third-order valence-electron chi connectivity index (χ3n) is 4.95. The predicted molar refractivity (Wildman–Crippen MR) is 98.7 cm³/mol. The Balaban J connectivity index is 1.72. The molecule has 0 radical (unpaired) electrons. The van der Waals surface area contributed by atoms with Gasteiger partial charge < -0.3 is 9.84 Å². The van der Waals surface area contributed by atoms with Crippen LogP contribution in [0.15, 0.2) is 42.5 Å². The normalized spacial score (nSPS) is 17.5. The molecule has 27 heavy (non-hydrogen) atoms. The number of halogens is 1. The van der Waals surface area contributed by atoms with Gasteiger partial charge in [-0.25, -0.2) is 9.18 Å². The van der Waals surface area contributed by atoms with Crippen molar-refractivity contribution in [1.82, 2.24) is 4.90 Å². The van der Waals surface area contributed by atoms with Crippen LogP contribution in [0.1, 0.15) is 39.1 Å². The number of methoxy groups -OCH3 is 1. The molecule has 0 unspecified atom stereocenters. The molecule has 0 saturated carbocycles. The van der Waals surface area contributed by atoms with Crippen molar-refractivity contribution in [1.29, 1.82) is 0 Å². The molecule has 142 valence electrons. The first-order valence-electron chi connectivity index (χ1n) is 8.91. The van der Waals surface area contributed by atoms with Crippen LogP contribution in [0.3, 0.4) is 0 Å². The number of likely N-dealkylation sites (tertiary alicyclic amines) is 1. The number of ketones is 1. The van der Waals surface area contributed by atoms with E-state index >= 15 is 0 Å². The van der Waals surface area contributed by atoms with E-state index in [1.165, 1.54) is 19.2 Å². The number of carbonyl (C=O) groups excluding carboxylic acids is 1. The molecule has 6 heteroatoms. The summed E-state index contributed by atoms with van der Waals surface area (Å²) in [6, 6.07) is 11.2. The van der Waals surface area contributed by atoms with Crippen molar-refractivity contribution in [2.24, 2.45) is 5.92 Å². The van der Waals surface area contributed by atoms with E-state index in [1.54, 1.807) is 24.3 Å². The zero-order valence-corrected chi connectivity index (χ0v) is 15.2. The highest BCUT2D eigenvalue weighted by Crippen LogP contribution is 2.25. The van der Waals surface area contributed by atoms with E-state index in [0.717, 1.165) is 24.9 Å². The fourth-order valence-electron chi connectivity index (χ4n) is 3.58. The number of piperidine rings is 1. The topological polar surface area (TPSA) is 66.8 Å². The monoisotopic (exact) mass is 371 g/mol. The smallest absolute Gasteiger partial charge is 0.336 e. The Morgan fingerprint density at radius 2 is 2.04 bits per heavy atom. The van der Waals surface area contributed by atoms with Crippen molar-refractivity contribution in [3.8, 4) is 5.75 Å². The van der Waals surface area contributed by atoms with E-state index in [-0.39, 0.29) is 23.0 Å². The zero-order chi connectivity index (χ0) is 19.4. The highest BCUT2D eigenvalue weighted by Gasteiger charge is 2.27. The summed E-state index contributed by atoms with van der Waals surface area (Å²) in [5, 5.41) is 9.33. The summed E-state index contributed by atoms with van der Waals surface area (Å²) in [7, 11) is 1.38. The minimum absolute atomic E-state index is 0.0900. The van der Waals surface area contributed by atoms with E-state index in [9.17, 15) is 19.1 Å². The fraction of sp³-hybridized carbons (Fsp3) is 0.333. The summed E-state index contributed by atoms with van der Waals surface area (Å²) in [6.07, 6.45) is 1.58. The molecular weight excluding hydrogens is 349 g/mol. The summed E-state index contributed by atoms with van der Waals surface area (Å²) in [5.74, 6) is -1.71. The Labute approximate surface area is 157 Å². The van der Waals surface area contributed by atoms with Crippen LogP contribution in [0.4, 0.5) is 4.39 Å². The Morgan fingerprint density at radius 3 is 2.74 bits per heavy atom. The third-order valence-corrected chi connectivity index (χ3v) is 4.95. The van der Waals surface area contributed by atoms with Crippen molar-refractivity contribution in [2.45, 2.75) is 19.4 Å². The summed E-state index contributed by atoms with van der Waals surface area (Å²) >= 11 is 0. The van der Waals surface area contributed by atoms with Crippen LogP contribution in [-0.2, 0) is 6.54 Å². The first kappa shape index (κ1) is 19.0. The summed E-state index contributed by atoms with van der Waals surface area (Å²) in [6.45, 7) is 1.80. The summed E-state index contributed by atoms with van der Waals surface area (Å²) in [4.78, 5) is 26.3. The van der Waals surface area contributed by atoms with Crippen LogP contribution in [0, 0.1) is 11.7 Å². The number of aromatic carboxylic acids is 1. The van der Waals surface area contributed by atoms with Crippen molar-refractivity contribution in [3.63, 3.8) is 0 Å². The van der Waals surface area contributed by atoms with E-state index < -0.39 is 11.8 Å². The van der Waals surface area contributed by atoms with Crippen molar-refractivity contribution in [2.75, 3.05) is 20.2 Å². The number of benzene rings is 2. The number of hydrogen-bond acceptors (Lipinski definition) is 4. The van der Waals surface area contributed by atoms with Gasteiger partial charge in [-0.2, -0.15) is 0 Å². The molecule has 0 aromatic heterocycles. The molecule has 0 bridgehead atoms. The van der Waals surface area contributed by atoms with Gasteiger partial charge in [0, 0.05) is 24.6 Å². The molecule has 5 nitrogen and oxygen atoms in total. The molecular formula is C21H22FNO4. The second-order valence-corrected chi connectivity index (χ2v) is 6.75. The Kier molecular flexibility index (Phi) is 5.86. The largest absolute Gasteiger partial charge is 0.494 e. The minimum atomic E-state index is -0.955. The van der Waals surface area contributed by atoms with Gasteiger partial charge in [0.25, 0.3) is 0 Å². The minimum Gasteiger partial charge on any atom is -0.494 e. The van der Waals surface area contributed by atoms with E-state index in [2.05, 4.69) is 4.90 Å². The molecule has 1 aliphatic heterocycles. The molecule has 1 saturated heterocycles. The first-order chi connectivity index (χ1) is 13.0. The van der Waals surface area contributed by atoms with Crippen LogP contribution in [0.5, 0.6) is 5.75 Å². The lowest BCUT2D eigenvalue weighted by Gasteiger charge is -2.32. The molecule has 0 aliphatic carbocycles. The van der Waals surface area contributed by atoms with Gasteiger partial charge in [-0.05, 0) is 49.2 Å². The second-order valence-electron chi connectivity index (χ2n) is 6.75. The highest BCUT2D eigenvalue weighted by molar-refractivity contribution is 5.98. The van der Waals surface area contributed by atoms with Crippen LogP contribution < -0.4 is 4.74 Å². The second kappa shape index (κ2) is 8.31. The Hall–Kier alpha value is -2.73. The molecule has 3 rings (SSSR count). The van der Waals surface area contributed by atoms with E-state index in [1.807, 2.05) is 6.07 Å². The van der Waals surface area contributed by atoms with Crippen LogP contribution >= 0.6 is 0 Å². The summed E-state index contributed by atoms with van der Waals surface area (Å²) < 4.78 is 18.8. The molecule has 2 aromatic rings. The van der Waals surface area contributed by atoms with Gasteiger partial charge in [-0.15, -0.1) is 0 Å². The lowest BCUT2D eigenvalue weighted by atomic mass is 9.89. The van der Waals surface area contributed by atoms with Gasteiger partial charge in [0.05, 0.1) is 12.7 Å². The van der Waals surface area contributed by atoms with E-state index in [4.69, 9.17) is 4.74 Å². The Morgan fingerprint density at radius 1 is 1.26 bits per heavy atom. The predicted octanol–water partition coefficient (Wildman–Crippen LogP) is 3.63. The number of carboxylic acids is 1. The van der Waals surface area contributed by atoms with Gasteiger partial charge >= 0.3 is 5.97 Å². The average molecular weight is 371 g/mol. The van der Waals surface area contributed by atoms with Gasteiger partial charge in [0.1, 0.15) is 0 Å². The van der Waals surface area contributed by atoms with E-state index in [0.29, 0.717) is 18.7 Å². The zero-order valence-electron chi connectivity index (χ0n) is 15.2. The van der Waals surface area contributed by atoms with Crippen molar-refractivity contribution >= 4 is 11.8 Å². The van der Waals surface area contributed by atoms with Gasteiger partial charge in [-0.1, -0.05) is 18.2 Å². The lowest BCUT2D eigenvalue weighted by Crippen LogP contribution is -2.38. The maximum atomic E-state index is 13.9.